The van der Waals surface area contributed by atoms with Crippen LogP contribution < -0.4 is 20.7 Å². The number of aromatic nitrogens is 3. The lowest BCUT2D eigenvalue weighted by molar-refractivity contribution is 0.252. The van der Waals surface area contributed by atoms with E-state index in [9.17, 15) is 4.79 Å². The van der Waals surface area contributed by atoms with Gasteiger partial charge in [0.15, 0.2) is 5.65 Å². The summed E-state index contributed by atoms with van der Waals surface area (Å²) in [5, 5.41) is 13.9. The second-order valence-electron chi connectivity index (χ2n) is 6.74. The molecule has 0 atom stereocenters. The summed E-state index contributed by atoms with van der Waals surface area (Å²) in [4.78, 5) is 16.9. The molecule has 2 amide bonds. The van der Waals surface area contributed by atoms with Gasteiger partial charge in [-0.3, -0.25) is 0 Å². The van der Waals surface area contributed by atoms with Crippen molar-refractivity contribution in [3.05, 3.63) is 70.3 Å². The molecule has 32 heavy (non-hydrogen) atoms. The minimum Gasteiger partial charge on any atom is -0.495 e. The van der Waals surface area contributed by atoms with Crippen LogP contribution in [-0.2, 0) is 0 Å². The summed E-state index contributed by atoms with van der Waals surface area (Å²) in [6.45, 7) is 0.854. The molecule has 4 aromatic rings. The van der Waals surface area contributed by atoms with Gasteiger partial charge in [-0.2, -0.15) is 9.61 Å². The zero-order valence-corrected chi connectivity index (χ0v) is 19.4. The number of nitrogens with zero attached hydrogens (tertiary/aromatic N) is 3. The van der Waals surface area contributed by atoms with Crippen LogP contribution in [0.25, 0.3) is 16.9 Å². The van der Waals surface area contributed by atoms with Crippen molar-refractivity contribution in [3.63, 3.8) is 0 Å². The molecule has 0 aliphatic heterocycles. The van der Waals surface area contributed by atoms with E-state index < -0.39 is 0 Å². The number of benzene rings is 2. The molecule has 8 nitrogen and oxygen atoms in total. The van der Waals surface area contributed by atoms with Crippen molar-refractivity contribution in [2.75, 3.05) is 30.8 Å². The Labute approximate surface area is 198 Å². The zero-order chi connectivity index (χ0) is 22.5. The van der Waals surface area contributed by atoms with Gasteiger partial charge in [-0.1, -0.05) is 41.9 Å². The summed E-state index contributed by atoms with van der Waals surface area (Å²) in [5.74, 6) is 1.32. The summed E-state index contributed by atoms with van der Waals surface area (Å²) < 4.78 is 7.71. The smallest absolute Gasteiger partial charge is 0.319 e. The van der Waals surface area contributed by atoms with Crippen molar-refractivity contribution in [3.8, 4) is 17.0 Å². The summed E-state index contributed by atoms with van der Waals surface area (Å²) in [5.41, 5.74) is 2.80. The fourth-order valence-electron chi connectivity index (χ4n) is 3.15. The maximum absolute atomic E-state index is 12.2. The molecule has 0 aliphatic rings. The lowest BCUT2D eigenvalue weighted by Crippen LogP contribution is -2.33. The summed E-state index contributed by atoms with van der Waals surface area (Å²) in [7, 11) is 1.56. The van der Waals surface area contributed by atoms with Gasteiger partial charge in [-0.15, -0.1) is 0 Å². The molecular formula is C22H20BrClN6O2. The third-order valence-corrected chi connectivity index (χ3v) is 5.54. The van der Waals surface area contributed by atoms with Crippen molar-refractivity contribution in [1.82, 2.24) is 19.9 Å². The molecule has 4 rings (SSSR count). The quantitative estimate of drug-likeness (QED) is 0.299. The summed E-state index contributed by atoms with van der Waals surface area (Å²) in [6.07, 6.45) is 1.68. The van der Waals surface area contributed by atoms with E-state index in [1.165, 1.54) is 0 Å². The molecule has 0 fully saturated rings. The number of urea groups is 1. The molecule has 0 radical (unpaired) electrons. The fourth-order valence-corrected chi connectivity index (χ4v) is 3.73. The van der Waals surface area contributed by atoms with Crippen LogP contribution in [0.2, 0.25) is 5.02 Å². The number of para-hydroxylation sites is 2. The minimum absolute atomic E-state index is 0.324. The van der Waals surface area contributed by atoms with E-state index >= 15 is 0 Å². The second-order valence-corrected chi connectivity index (χ2v) is 8.00. The Morgan fingerprint density at radius 3 is 2.75 bits per heavy atom. The van der Waals surface area contributed by atoms with E-state index in [4.69, 9.17) is 16.3 Å². The lowest BCUT2D eigenvalue weighted by Gasteiger charge is -2.13. The van der Waals surface area contributed by atoms with Crippen LogP contribution in [-0.4, -0.2) is 40.8 Å². The lowest BCUT2D eigenvalue weighted by atomic mass is 10.1. The van der Waals surface area contributed by atoms with Gasteiger partial charge < -0.3 is 20.7 Å². The van der Waals surface area contributed by atoms with Crippen LogP contribution in [0.15, 0.2) is 65.3 Å². The van der Waals surface area contributed by atoms with Crippen molar-refractivity contribution >= 4 is 50.7 Å². The first-order valence-corrected chi connectivity index (χ1v) is 10.9. The monoisotopic (exact) mass is 514 g/mol. The zero-order valence-electron chi connectivity index (χ0n) is 17.1. The van der Waals surface area contributed by atoms with Gasteiger partial charge in [-0.25, -0.2) is 9.78 Å². The highest BCUT2D eigenvalue weighted by Gasteiger charge is 2.13. The van der Waals surface area contributed by atoms with Gasteiger partial charge >= 0.3 is 6.03 Å². The number of halogens is 2. The molecule has 2 aromatic heterocycles. The number of amides is 2. The standard InChI is InChI=1S/C22H20BrClN6O2/c1-32-19-9-5-4-8-17(19)29-22(31)26-11-10-25-20-12-18(14-6-2-3-7-16(14)24)28-21-15(23)13-27-30(20)21/h2-9,12-13,25H,10-11H2,1H3,(H2,26,29,31). The largest absolute Gasteiger partial charge is 0.495 e. The van der Waals surface area contributed by atoms with E-state index in [1.807, 2.05) is 42.5 Å². The average molecular weight is 516 g/mol. The molecule has 164 valence electrons. The third-order valence-electron chi connectivity index (χ3n) is 4.65. The molecule has 0 unspecified atom stereocenters. The van der Waals surface area contributed by atoms with Crippen molar-refractivity contribution in [1.29, 1.82) is 0 Å². The number of methoxy groups -OCH3 is 1. The number of ether oxygens (including phenoxy) is 1. The van der Waals surface area contributed by atoms with E-state index in [0.29, 0.717) is 40.9 Å². The molecule has 0 saturated heterocycles. The number of carbonyl (C=O) groups excluding carboxylic acids is 1. The Morgan fingerprint density at radius 2 is 1.94 bits per heavy atom. The molecular weight excluding hydrogens is 496 g/mol. The Bertz CT molecular complexity index is 1260. The summed E-state index contributed by atoms with van der Waals surface area (Å²) >= 11 is 9.86. The van der Waals surface area contributed by atoms with Crippen LogP contribution in [0, 0.1) is 0 Å². The van der Waals surface area contributed by atoms with Gasteiger partial charge in [0.2, 0.25) is 0 Å². The first-order chi connectivity index (χ1) is 15.6. The van der Waals surface area contributed by atoms with Crippen LogP contribution in [0.3, 0.4) is 0 Å². The van der Waals surface area contributed by atoms with Crippen molar-refractivity contribution in [2.45, 2.75) is 0 Å². The molecule has 0 spiro atoms. The Hall–Kier alpha value is -3.30. The van der Waals surface area contributed by atoms with Gasteiger partial charge in [0.1, 0.15) is 11.6 Å². The van der Waals surface area contributed by atoms with E-state index in [1.54, 1.807) is 30.0 Å². The molecule has 3 N–H and O–H groups in total. The topological polar surface area (TPSA) is 92.6 Å². The number of fused-ring (bicyclic) bond motifs is 1. The second kappa shape index (κ2) is 9.88. The maximum atomic E-state index is 12.2. The number of hydrogen-bond acceptors (Lipinski definition) is 5. The average Bonchev–Trinajstić information content (AvgIpc) is 3.18. The highest BCUT2D eigenvalue weighted by Crippen LogP contribution is 2.30. The third kappa shape index (κ3) is 4.79. The first kappa shape index (κ1) is 21.9. The number of rotatable bonds is 7. The molecule has 0 saturated carbocycles. The van der Waals surface area contributed by atoms with Crippen molar-refractivity contribution in [2.24, 2.45) is 0 Å². The minimum atomic E-state index is -0.324. The predicted octanol–water partition coefficient (Wildman–Crippen LogP) is 5.05. The fraction of sp³-hybridized carbons (Fsp3) is 0.136. The molecule has 0 bridgehead atoms. The van der Waals surface area contributed by atoms with Crippen LogP contribution in [0.5, 0.6) is 5.75 Å². The molecule has 2 aromatic carbocycles. The predicted molar refractivity (Wildman–Crippen MR) is 130 cm³/mol. The van der Waals surface area contributed by atoms with E-state index in [-0.39, 0.29) is 6.03 Å². The number of carbonyl (C=O) groups is 1. The van der Waals surface area contributed by atoms with Crippen molar-refractivity contribution < 1.29 is 9.53 Å². The highest BCUT2D eigenvalue weighted by atomic mass is 79.9. The van der Waals surface area contributed by atoms with Crippen LogP contribution >= 0.6 is 27.5 Å². The summed E-state index contributed by atoms with van der Waals surface area (Å²) in [6, 6.07) is 16.3. The van der Waals surface area contributed by atoms with E-state index in [0.717, 1.165) is 15.9 Å². The SMILES string of the molecule is COc1ccccc1NC(=O)NCCNc1cc(-c2ccccc2Cl)nc2c(Br)cnn12. The Morgan fingerprint density at radius 1 is 1.16 bits per heavy atom. The van der Waals surface area contributed by atoms with E-state index in [2.05, 4.69) is 42.0 Å². The molecule has 0 aliphatic carbocycles. The Kier molecular flexibility index (Phi) is 6.77. The normalized spacial score (nSPS) is 10.7. The Balaban J connectivity index is 1.44. The first-order valence-electron chi connectivity index (χ1n) is 9.77. The van der Waals surface area contributed by atoms with Crippen LogP contribution in [0.4, 0.5) is 16.3 Å². The van der Waals surface area contributed by atoms with Gasteiger partial charge in [0.05, 0.1) is 29.2 Å². The van der Waals surface area contributed by atoms with Gasteiger partial charge in [0.25, 0.3) is 0 Å². The van der Waals surface area contributed by atoms with Gasteiger partial charge in [-0.05, 0) is 34.1 Å². The highest BCUT2D eigenvalue weighted by molar-refractivity contribution is 9.10. The van der Waals surface area contributed by atoms with Crippen LogP contribution in [0.1, 0.15) is 0 Å². The number of anilines is 2. The number of hydrogen-bond donors (Lipinski definition) is 3. The van der Waals surface area contributed by atoms with Gasteiger partial charge in [0, 0.05) is 29.7 Å². The molecule has 10 heteroatoms. The molecule has 2 heterocycles. The number of nitrogens with one attached hydrogen (secondary N) is 3. The maximum Gasteiger partial charge on any atom is 0.319 e.